The molecule has 4 aromatic rings. The highest BCUT2D eigenvalue weighted by Crippen LogP contribution is 2.37. The predicted molar refractivity (Wildman–Crippen MR) is 200 cm³/mol. The third-order valence-electron chi connectivity index (χ3n) is 9.05. The zero-order chi connectivity index (χ0) is 36.0. The van der Waals surface area contributed by atoms with Crippen molar-refractivity contribution in [1.29, 1.82) is 0 Å². The van der Waals surface area contributed by atoms with Crippen molar-refractivity contribution in [2.24, 2.45) is 0 Å². The highest BCUT2D eigenvalue weighted by atomic mass is 28.4. The van der Waals surface area contributed by atoms with Crippen LogP contribution in [-0.2, 0) is 49.8 Å². The van der Waals surface area contributed by atoms with Crippen molar-refractivity contribution >= 4 is 14.0 Å². The number of benzene rings is 4. The van der Waals surface area contributed by atoms with Crippen LogP contribution in [0.2, 0.25) is 18.1 Å². The molecule has 0 heterocycles. The molecule has 0 aliphatic rings. The van der Waals surface area contributed by atoms with Crippen molar-refractivity contribution in [2.75, 3.05) is 13.2 Å². The third-order valence-corrected chi connectivity index (χ3v) is 13.5. The Morgan fingerprint density at radius 2 is 1.16 bits per heavy atom. The molecule has 0 saturated carbocycles. The lowest BCUT2D eigenvalue weighted by Crippen LogP contribution is -2.47. The lowest BCUT2D eigenvalue weighted by Gasteiger charge is -2.38. The maximum atomic E-state index is 11.3. The van der Waals surface area contributed by atoms with E-state index in [9.17, 15) is 10.1 Å². The molecule has 0 unspecified atom stereocenters. The number of ether oxygens (including phenoxy) is 4. The first-order chi connectivity index (χ1) is 23.9. The Bertz CT molecular complexity index is 1590. The van der Waals surface area contributed by atoms with Crippen LogP contribution in [0.1, 0.15) is 43.0 Å². The first kappa shape index (κ1) is 38.8. The first-order valence-electron chi connectivity index (χ1n) is 17.0. The highest BCUT2D eigenvalue weighted by molar-refractivity contribution is 6.74. The molecule has 0 N–H and O–H groups in total. The molecule has 0 aliphatic heterocycles. The number of rotatable bonds is 20. The number of nitrogens with zero attached hydrogens (tertiary/aromatic N) is 1. The van der Waals surface area contributed by atoms with E-state index < -0.39 is 31.6 Å². The molecule has 50 heavy (non-hydrogen) atoms. The van der Waals surface area contributed by atoms with Gasteiger partial charge < -0.3 is 23.4 Å². The van der Waals surface area contributed by atoms with E-state index in [1.807, 2.05) is 91.0 Å². The van der Waals surface area contributed by atoms with Crippen molar-refractivity contribution in [3.8, 4) is 0 Å². The van der Waals surface area contributed by atoms with Gasteiger partial charge in [-0.05, 0) is 58.1 Å². The maximum Gasteiger partial charge on any atom is 0.269 e. The maximum absolute atomic E-state index is 11.3. The number of hydrogen-bond acceptors (Lipinski definition) is 7. The van der Waals surface area contributed by atoms with Crippen LogP contribution < -0.4 is 0 Å². The van der Waals surface area contributed by atoms with Gasteiger partial charge in [-0.3, -0.25) is 10.1 Å². The lowest BCUT2D eigenvalue weighted by atomic mass is 10.0. The Balaban J connectivity index is 1.67. The molecule has 9 heteroatoms. The van der Waals surface area contributed by atoms with Crippen LogP contribution in [0, 0.1) is 10.1 Å². The quantitative estimate of drug-likeness (QED) is 0.0393. The van der Waals surface area contributed by atoms with Gasteiger partial charge in [0, 0.05) is 12.1 Å². The smallest absolute Gasteiger partial charge is 0.269 e. The standard InChI is InChI=1S/C41H51NO7Si/c1-32(26-49-50(5,6)41(2,3)4)39(47-29-34-18-12-8-13-19-34)40(48-30-35-20-14-9-15-21-35)38(31-45-27-33-16-10-7-11-17-33)46-28-36-22-24-37(25-23-36)42(43)44/h7-25,38-40H,1,26-31H2,2-6H3/t38-,39+,40+/m0/s1. The van der Waals surface area contributed by atoms with Crippen LogP contribution in [0.25, 0.3) is 0 Å². The molecule has 0 bridgehead atoms. The minimum Gasteiger partial charge on any atom is -0.413 e. The predicted octanol–water partition coefficient (Wildman–Crippen LogP) is 9.45. The molecule has 0 spiro atoms. The summed E-state index contributed by atoms with van der Waals surface area (Å²) in [6.07, 6.45) is -1.88. The molecule has 0 aliphatic carbocycles. The van der Waals surface area contributed by atoms with Gasteiger partial charge in [0.05, 0.1) is 44.6 Å². The fraction of sp³-hybridized carbons (Fsp3) is 0.366. The number of hydrogen-bond donors (Lipinski definition) is 0. The molecule has 0 aromatic heterocycles. The largest absolute Gasteiger partial charge is 0.413 e. The Kier molecular flexibility index (Phi) is 14.7. The fourth-order valence-electron chi connectivity index (χ4n) is 4.96. The van der Waals surface area contributed by atoms with Gasteiger partial charge in [0.1, 0.15) is 18.3 Å². The van der Waals surface area contributed by atoms with E-state index in [2.05, 4.69) is 40.4 Å². The van der Waals surface area contributed by atoms with Crippen molar-refractivity contribution < 1.29 is 28.3 Å². The summed E-state index contributed by atoms with van der Waals surface area (Å²) in [7, 11) is -2.13. The zero-order valence-corrected chi connectivity index (χ0v) is 31.0. The van der Waals surface area contributed by atoms with E-state index in [0.717, 1.165) is 27.8 Å². The summed E-state index contributed by atoms with van der Waals surface area (Å²) in [4.78, 5) is 10.9. The summed E-state index contributed by atoms with van der Waals surface area (Å²) < 4.78 is 33.1. The van der Waals surface area contributed by atoms with E-state index in [4.69, 9.17) is 23.4 Å². The number of nitro benzene ring substituents is 1. The second-order valence-corrected chi connectivity index (χ2v) is 18.8. The summed E-state index contributed by atoms with van der Waals surface area (Å²) in [6, 6.07) is 36.3. The van der Waals surface area contributed by atoms with Gasteiger partial charge in [-0.1, -0.05) is 118 Å². The van der Waals surface area contributed by atoms with Gasteiger partial charge >= 0.3 is 0 Å². The molecule has 0 fully saturated rings. The summed E-state index contributed by atoms with van der Waals surface area (Å²) in [5, 5.41) is 11.3. The highest BCUT2D eigenvalue weighted by Gasteiger charge is 2.39. The third kappa shape index (κ3) is 12.1. The molecule has 4 aromatic carbocycles. The Labute approximate surface area is 298 Å². The van der Waals surface area contributed by atoms with Crippen LogP contribution in [0.3, 0.4) is 0 Å². The molecular weight excluding hydrogens is 647 g/mol. The fourth-order valence-corrected chi connectivity index (χ4v) is 5.93. The second-order valence-electron chi connectivity index (χ2n) is 14.0. The molecule has 0 saturated heterocycles. The molecule has 0 amide bonds. The monoisotopic (exact) mass is 697 g/mol. The molecular formula is C41H51NO7Si. The SMILES string of the molecule is C=C(CO[Si](C)(C)C(C)(C)C)[C@@H](OCc1ccccc1)[C@H](OCc1ccccc1)[C@H](COCc1ccccc1)OCc1ccc([N+](=O)[O-])cc1. The summed E-state index contributed by atoms with van der Waals surface area (Å²) >= 11 is 0. The van der Waals surface area contributed by atoms with Crippen LogP contribution in [0.5, 0.6) is 0 Å². The van der Waals surface area contributed by atoms with Crippen LogP contribution in [0.15, 0.2) is 127 Å². The minimum absolute atomic E-state index is 0.0125. The summed E-state index contributed by atoms with van der Waals surface area (Å²) in [6.45, 7) is 17.3. The van der Waals surface area contributed by atoms with Gasteiger partial charge in [0.25, 0.3) is 5.69 Å². The summed E-state index contributed by atoms with van der Waals surface area (Å²) in [5.41, 5.74) is 4.60. The normalized spacial score (nSPS) is 13.8. The Hall–Kier alpha value is -3.96. The van der Waals surface area contributed by atoms with Gasteiger partial charge in [0.2, 0.25) is 0 Å². The number of nitro groups is 1. The molecule has 4 rings (SSSR count). The van der Waals surface area contributed by atoms with Crippen LogP contribution >= 0.6 is 0 Å². The van der Waals surface area contributed by atoms with E-state index in [-0.39, 0.29) is 23.9 Å². The zero-order valence-electron chi connectivity index (χ0n) is 30.0. The van der Waals surface area contributed by atoms with Crippen LogP contribution in [-0.4, -0.2) is 44.8 Å². The lowest BCUT2D eigenvalue weighted by molar-refractivity contribution is -0.384. The first-order valence-corrected chi connectivity index (χ1v) is 19.9. The van der Waals surface area contributed by atoms with Gasteiger partial charge in [-0.2, -0.15) is 0 Å². The van der Waals surface area contributed by atoms with Gasteiger partial charge in [0.15, 0.2) is 8.32 Å². The average Bonchev–Trinajstić information content (AvgIpc) is 3.11. The van der Waals surface area contributed by atoms with Crippen LogP contribution in [0.4, 0.5) is 5.69 Å². The Morgan fingerprint density at radius 1 is 0.700 bits per heavy atom. The molecule has 266 valence electrons. The van der Waals surface area contributed by atoms with E-state index >= 15 is 0 Å². The van der Waals surface area contributed by atoms with E-state index in [1.165, 1.54) is 12.1 Å². The summed E-state index contributed by atoms with van der Waals surface area (Å²) in [5.74, 6) is 0. The van der Waals surface area contributed by atoms with Crippen molar-refractivity contribution in [3.63, 3.8) is 0 Å². The molecule has 8 nitrogen and oxygen atoms in total. The van der Waals surface area contributed by atoms with Crippen molar-refractivity contribution in [2.45, 2.75) is 83.6 Å². The minimum atomic E-state index is -2.13. The number of non-ortho nitro benzene ring substituents is 1. The van der Waals surface area contributed by atoms with Gasteiger partial charge in [-0.15, -0.1) is 0 Å². The average molecular weight is 698 g/mol. The molecule has 0 radical (unpaired) electrons. The van der Waals surface area contributed by atoms with Gasteiger partial charge in [-0.25, -0.2) is 0 Å². The van der Waals surface area contributed by atoms with E-state index in [1.54, 1.807) is 12.1 Å². The van der Waals surface area contributed by atoms with E-state index in [0.29, 0.717) is 26.4 Å². The van der Waals surface area contributed by atoms with Crippen molar-refractivity contribution in [3.05, 3.63) is 160 Å². The topological polar surface area (TPSA) is 89.3 Å². The second kappa shape index (κ2) is 18.9. The van der Waals surface area contributed by atoms with Crippen molar-refractivity contribution in [1.82, 2.24) is 0 Å². The molecule has 3 atom stereocenters. The Morgan fingerprint density at radius 3 is 1.66 bits per heavy atom.